The molecule has 3 unspecified atom stereocenters. The average molecular weight is 1120 g/mol. The number of aliphatic hydroxyl groups excluding tert-OH is 1. The average Bonchev–Trinajstić information content (AvgIpc) is 3.43. The van der Waals surface area contributed by atoms with Crippen LogP contribution in [0.15, 0.2) is 48.6 Å². The highest BCUT2D eigenvalue weighted by atomic mass is 31.2. The highest BCUT2D eigenvalue weighted by Gasteiger charge is 2.28. The number of unbranched alkanes of at least 4 members (excludes halogenated alkanes) is 36. The number of phosphoric ester groups is 1. The Morgan fingerprint density at radius 1 is 0.359 bits per heavy atom. The second-order valence-corrected chi connectivity index (χ2v) is 23.4. The number of ether oxygens (including phenoxy) is 3. The SMILES string of the molecule is CCCCC/C=C\C/C=C\C/C=C\CCCCCCCCC(=O)OC(COC(=O)CCCCCCCCCCCCCCC)COP(=O)(O)OCC(CO)OC(=O)CCCCCCCCCCC/C=C\CCCCCCCC. The van der Waals surface area contributed by atoms with Gasteiger partial charge < -0.3 is 24.2 Å². The Morgan fingerprint density at radius 2 is 0.628 bits per heavy atom. The van der Waals surface area contributed by atoms with Crippen molar-refractivity contribution in [2.75, 3.05) is 26.4 Å². The van der Waals surface area contributed by atoms with Gasteiger partial charge in [0.25, 0.3) is 0 Å². The minimum atomic E-state index is -4.75. The third kappa shape index (κ3) is 58.1. The van der Waals surface area contributed by atoms with Crippen molar-refractivity contribution in [3.05, 3.63) is 48.6 Å². The van der Waals surface area contributed by atoms with E-state index in [1.54, 1.807) is 0 Å². The lowest BCUT2D eigenvalue weighted by Crippen LogP contribution is -2.30. The van der Waals surface area contributed by atoms with Crippen molar-refractivity contribution in [3.63, 3.8) is 0 Å². The minimum Gasteiger partial charge on any atom is -0.462 e. The molecule has 0 radical (unpaired) electrons. The van der Waals surface area contributed by atoms with Crippen LogP contribution in [0.25, 0.3) is 0 Å². The Kier molecular flexibility index (Phi) is 58.5. The zero-order valence-electron chi connectivity index (χ0n) is 50.6. The maximum atomic E-state index is 12.9. The smallest absolute Gasteiger partial charge is 0.462 e. The van der Waals surface area contributed by atoms with Gasteiger partial charge in [-0.15, -0.1) is 0 Å². The van der Waals surface area contributed by atoms with Crippen molar-refractivity contribution in [3.8, 4) is 0 Å². The van der Waals surface area contributed by atoms with Crippen molar-refractivity contribution in [1.82, 2.24) is 0 Å². The van der Waals surface area contributed by atoms with E-state index in [1.165, 1.54) is 167 Å². The second-order valence-electron chi connectivity index (χ2n) is 21.9. The fraction of sp³-hybridized carbons (Fsp3) is 0.833. The molecule has 78 heavy (non-hydrogen) atoms. The number of allylic oxidation sites excluding steroid dienone is 8. The van der Waals surface area contributed by atoms with Crippen molar-refractivity contribution in [1.29, 1.82) is 0 Å². The molecule has 2 N–H and O–H groups in total. The number of esters is 3. The lowest BCUT2D eigenvalue weighted by Gasteiger charge is -2.21. The maximum Gasteiger partial charge on any atom is 0.472 e. The van der Waals surface area contributed by atoms with Crippen LogP contribution in [-0.4, -0.2) is 66.5 Å². The number of aliphatic hydroxyl groups is 1. The van der Waals surface area contributed by atoms with Gasteiger partial charge in [-0.25, -0.2) is 4.57 Å². The van der Waals surface area contributed by atoms with Crippen molar-refractivity contribution in [2.24, 2.45) is 0 Å². The van der Waals surface area contributed by atoms with E-state index >= 15 is 0 Å². The maximum absolute atomic E-state index is 12.9. The molecule has 0 rings (SSSR count). The summed E-state index contributed by atoms with van der Waals surface area (Å²) in [5, 5.41) is 9.86. The molecule has 12 heteroatoms. The zero-order chi connectivity index (χ0) is 56.9. The molecule has 3 atom stereocenters. The zero-order valence-corrected chi connectivity index (χ0v) is 51.5. The van der Waals surface area contributed by atoms with Gasteiger partial charge in [0.2, 0.25) is 0 Å². The molecule has 0 heterocycles. The van der Waals surface area contributed by atoms with Crippen LogP contribution in [0.1, 0.15) is 316 Å². The van der Waals surface area contributed by atoms with E-state index in [-0.39, 0.29) is 25.9 Å². The summed E-state index contributed by atoms with van der Waals surface area (Å²) in [6.45, 7) is 4.66. The molecule has 0 aromatic heterocycles. The normalized spacial score (nSPS) is 13.6. The van der Waals surface area contributed by atoms with Crippen LogP contribution in [-0.2, 0) is 42.2 Å². The van der Waals surface area contributed by atoms with Gasteiger partial charge in [0.05, 0.1) is 19.8 Å². The molecular formula is C66H121O11P. The van der Waals surface area contributed by atoms with Crippen LogP contribution >= 0.6 is 7.82 Å². The molecule has 0 saturated carbocycles. The quantitative estimate of drug-likeness (QED) is 0.0197. The first-order chi connectivity index (χ1) is 38.2. The van der Waals surface area contributed by atoms with Crippen LogP contribution in [0, 0.1) is 0 Å². The fourth-order valence-corrected chi connectivity index (χ4v) is 10.0. The molecule has 0 spiro atoms. The molecule has 456 valence electrons. The van der Waals surface area contributed by atoms with Crippen LogP contribution in [0.4, 0.5) is 0 Å². The van der Waals surface area contributed by atoms with Gasteiger partial charge in [-0.3, -0.25) is 23.4 Å². The predicted octanol–water partition coefficient (Wildman–Crippen LogP) is 19.7. The summed E-state index contributed by atoms with van der Waals surface area (Å²) in [4.78, 5) is 48.7. The number of carbonyl (C=O) groups excluding carboxylic acids is 3. The molecule has 0 aromatic carbocycles. The van der Waals surface area contributed by atoms with Gasteiger partial charge >= 0.3 is 25.7 Å². The standard InChI is InChI=1S/C66H121O11P/c1-4-7-10-13-16-19-22-25-27-29-31-33-35-38-41-44-47-50-53-56-65(69)76-62(58-67)60-74-78(71,72)75-61-63(59-73-64(68)55-52-49-46-43-40-37-24-21-18-15-12-9-6-3)77-66(70)57-54-51-48-45-42-39-36-34-32-30-28-26-23-20-17-14-11-8-5-2/h17,20,25-28,32,34,62-63,67H,4-16,18-19,21-24,29-31,33,35-61H2,1-3H3,(H,71,72)/b20-17-,27-25-,28-26-,34-32-. The Bertz CT molecular complexity index is 1490. The first kappa shape index (κ1) is 75.4. The first-order valence-corrected chi connectivity index (χ1v) is 34.0. The van der Waals surface area contributed by atoms with Gasteiger partial charge in [0.1, 0.15) is 12.7 Å². The third-order valence-electron chi connectivity index (χ3n) is 14.2. The highest BCUT2D eigenvalue weighted by molar-refractivity contribution is 7.47. The number of hydrogen-bond acceptors (Lipinski definition) is 10. The fourth-order valence-electron chi connectivity index (χ4n) is 9.24. The molecule has 0 aliphatic carbocycles. The summed E-state index contributed by atoms with van der Waals surface area (Å²) >= 11 is 0. The van der Waals surface area contributed by atoms with Gasteiger partial charge in [0, 0.05) is 19.3 Å². The summed E-state index contributed by atoms with van der Waals surface area (Å²) in [6, 6.07) is 0. The van der Waals surface area contributed by atoms with Gasteiger partial charge in [-0.1, -0.05) is 262 Å². The molecule has 0 fully saturated rings. The molecule has 0 saturated heterocycles. The van der Waals surface area contributed by atoms with Crippen molar-refractivity contribution in [2.45, 2.75) is 328 Å². The lowest BCUT2D eigenvalue weighted by molar-refractivity contribution is -0.161. The monoisotopic (exact) mass is 1120 g/mol. The van der Waals surface area contributed by atoms with Gasteiger partial charge in [-0.05, 0) is 83.5 Å². The molecule has 0 aliphatic heterocycles. The number of phosphoric acid groups is 1. The first-order valence-electron chi connectivity index (χ1n) is 32.5. The Balaban J connectivity index is 4.64. The summed E-state index contributed by atoms with van der Waals surface area (Å²) in [5.41, 5.74) is 0. The van der Waals surface area contributed by atoms with E-state index in [0.717, 1.165) is 89.9 Å². The van der Waals surface area contributed by atoms with E-state index in [1.807, 2.05) is 0 Å². The Labute approximate surface area is 479 Å². The molecule has 0 aromatic rings. The number of hydrogen-bond donors (Lipinski definition) is 2. The minimum absolute atomic E-state index is 0.156. The number of carbonyl (C=O) groups is 3. The summed E-state index contributed by atoms with van der Waals surface area (Å²) < 4.78 is 39.7. The largest absolute Gasteiger partial charge is 0.472 e. The van der Waals surface area contributed by atoms with Crippen LogP contribution in [0.3, 0.4) is 0 Å². The number of rotatable bonds is 61. The molecule has 0 aliphatic rings. The highest BCUT2D eigenvalue weighted by Crippen LogP contribution is 2.43. The summed E-state index contributed by atoms with van der Waals surface area (Å²) in [6.07, 6.45) is 66.3. The summed E-state index contributed by atoms with van der Waals surface area (Å²) in [5.74, 6) is -1.46. The van der Waals surface area contributed by atoms with E-state index in [2.05, 4.69) is 69.4 Å². The van der Waals surface area contributed by atoms with Crippen LogP contribution in [0.5, 0.6) is 0 Å². The summed E-state index contributed by atoms with van der Waals surface area (Å²) in [7, 11) is -4.75. The van der Waals surface area contributed by atoms with Gasteiger partial charge in [0.15, 0.2) is 6.10 Å². The Morgan fingerprint density at radius 3 is 1.00 bits per heavy atom. The second kappa shape index (κ2) is 60.5. The predicted molar refractivity (Wildman–Crippen MR) is 325 cm³/mol. The van der Waals surface area contributed by atoms with E-state index in [4.69, 9.17) is 23.3 Å². The van der Waals surface area contributed by atoms with E-state index in [0.29, 0.717) is 19.3 Å². The topological polar surface area (TPSA) is 155 Å². The lowest BCUT2D eigenvalue weighted by atomic mass is 10.0. The van der Waals surface area contributed by atoms with E-state index < -0.39 is 57.8 Å². The van der Waals surface area contributed by atoms with Gasteiger partial charge in [-0.2, -0.15) is 0 Å². The third-order valence-corrected chi connectivity index (χ3v) is 15.2. The molecule has 11 nitrogen and oxygen atoms in total. The molecule has 0 amide bonds. The molecular weight excluding hydrogens is 1000 g/mol. The molecule has 0 bridgehead atoms. The van der Waals surface area contributed by atoms with Crippen LogP contribution < -0.4 is 0 Å². The van der Waals surface area contributed by atoms with Crippen LogP contribution in [0.2, 0.25) is 0 Å². The van der Waals surface area contributed by atoms with E-state index in [9.17, 15) is 28.9 Å². The van der Waals surface area contributed by atoms with Crippen molar-refractivity contribution >= 4 is 25.7 Å². The van der Waals surface area contributed by atoms with Crippen molar-refractivity contribution < 1.29 is 52.2 Å². The Hall–Kier alpha value is -2.56.